The van der Waals surface area contributed by atoms with Gasteiger partial charge in [0.15, 0.2) is 0 Å². The van der Waals surface area contributed by atoms with Crippen molar-refractivity contribution in [2.45, 2.75) is 19.3 Å². The number of nitrogens with zero attached hydrogens (tertiary/aromatic N) is 4. The van der Waals surface area contributed by atoms with Crippen molar-refractivity contribution in [1.29, 1.82) is 0 Å². The number of amides is 1. The molecule has 2 saturated heterocycles. The summed E-state index contributed by atoms with van der Waals surface area (Å²) in [7, 11) is 0. The number of hydrogen-bond donors (Lipinski definition) is 0. The number of aryl methyl sites for hydroxylation is 1. The van der Waals surface area contributed by atoms with E-state index in [0.29, 0.717) is 24.7 Å². The molecule has 5 rings (SSSR count). The monoisotopic (exact) mass is 404 g/mol. The molecule has 1 atom stereocenters. The number of rotatable bonds is 4. The van der Waals surface area contributed by atoms with Crippen LogP contribution in [0.1, 0.15) is 23.8 Å². The van der Waals surface area contributed by atoms with E-state index in [1.165, 1.54) is 11.3 Å². The third kappa shape index (κ3) is 3.68. The second-order valence-electron chi connectivity index (χ2n) is 7.84. The van der Waals surface area contributed by atoms with E-state index in [9.17, 15) is 4.79 Å². The molecule has 7 heteroatoms. The molecule has 0 saturated carbocycles. The van der Waals surface area contributed by atoms with Crippen LogP contribution in [0.4, 0.5) is 11.4 Å². The zero-order valence-electron chi connectivity index (χ0n) is 17.0. The molecule has 2 fully saturated rings. The fourth-order valence-electron chi connectivity index (χ4n) is 4.01. The minimum atomic E-state index is -0.0901. The molecule has 0 radical (unpaired) electrons. The molecule has 0 unspecified atom stereocenters. The van der Waals surface area contributed by atoms with Gasteiger partial charge in [-0.3, -0.25) is 4.79 Å². The lowest BCUT2D eigenvalue weighted by molar-refractivity contribution is -0.117. The quantitative estimate of drug-likeness (QED) is 0.664. The molecule has 1 aromatic heterocycles. The Kier molecular flexibility index (Phi) is 4.96. The van der Waals surface area contributed by atoms with Crippen molar-refractivity contribution in [2.24, 2.45) is 0 Å². The molecule has 0 aliphatic carbocycles. The van der Waals surface area contributed by atoms with Gasteiger partial charge in [-0.15, -0.1) is 0 Å². The number of ether oxygens (including phenoxy) is 1. The van der Waals surface area contributed by atoms with Crippen molar-refractivity contribution in [3.05, 3.63) is 60.0 Å². The zero-order valence-corrected chi connectivity index (χ0v) is 17.0. The Morgan fingerprint density at radius 2 is 1.67 bits per heavy atom. The Hall–Kier alpha value is -3.19. The molecule has 0 bridgehead atoms. The van der Waals surface area contributed by atoms with Gasteiger partial charge in [0.2, 0.25) is 17.6 Å². The van der Waals surface area contributed by atoms with Crippen LogP contribution in [0, 0.1) is 6.92 Å². The van der Waals surface area contributed by atoms with Crippen LogP contribution in [0.5, 0.6) is 0 Å². The van der Waals surface area contributed by atoms with Crippen molar-refractivity contribution in [1.82, 2.24) is 10.1 Å². The molecule has 3 heterocycles. The van der Waals surface area contributed by atoms with Gasteiger partial charge in [-0.25, -0.2) is 0 Å². The SMILES string of the molecule is Cc1ccc(N2C[C@H](c3nc(-c4ccc(N5CCOCC5)cc4)no3)CC2=O)cc1. The summed E-state index contributed by atoms with van der Waals surface area (Å²) < 4.78 is 10.9. The molecule has 154 valence electrons. The molecule has 3 aromatic rings. The van der Waals surface area contributed by atoms with E-state index in [1.54, 1.807) is 4.90 Å². The second-order valence-corrected chi connectivity index (χ2v) is 7.84. The lowest BCUT2D eigenvalue weighted by atomic mass is 10.1. The highest BCUT2D eigenvalue weighted by atomic mass is 16.5. The van der Waals surface area contributed by atoms with Crippen molar-refractivity contribution < 1.29 is 14.1 Å². The standard InChI is InChI=1S/C23H24N4O3/c1-16-2-6-20(7-3-16)27-15-18(14-21(27)28)23-24-22(25-30-23)17-4-8-19(9-5-17)26-10-12-29-13-11-26/h2-9,18H,10-15H2,1H3/t18-/m1/s1. The minimum Gasteiger partial charge on any atom is -0.378 e. The molecule has 2 aromatic carbocycles. The average Bonchev–Trinajstić information content (AvgIpc) is 3.42. The predicted octanol–water partition coefficient (Wildman–Crippen LogP) is 3.40. The van der Waals surface area contributed by atoms with E-state index in [-0.39, 0.29) is 11.8 Å². The average molecular weight is 404 g/mol. The van der Waals surface area contributed by atoms with Crippen LogP contribution in [0.25, 0.3) is 11.4 Å². The normalized spacial score (nSPS) is 19.5. The molecule has 0 N–H and O–H groups in total. The highest BCUT2D eigenvalue weighted by molar-refractivity contribution is 5.96. The smallest absolute Gasteiger partial charge is 0.232 e. The van der Waals surface area contributed by atoms with E-state index in [0.717, 1.165) is 37.6 Å². The summed E-state index contributed by atoms with van der Waals surface area (Å²) in [5.41, 5.74) is 4.15. The van der Waals surface area contributed by atoms with Gasteiger partial charge >= 0.3 is 0 Å². The lowest BCUT2D eigenvalue weighted by Gasteiger charge is -2.28. The summed E-state index contributed by atoms with van der Waals surface area (Å²) in [4.78, 5) is 21.2. The number of aromatic nitrogens is 2. The van der Waals surface area contributed by atoms with Crippen LogP contribution < -0.4 is 9.80 Å². The molecule has 7 nitrogen and oxygen atoms in total. The van der Waals surface area contributed by atoms with Crippen LogP contribution in [-0.2, 0) is 9.53 Å². The first-order chi connectivity index (χ1) is 14.7. The molecule has 2 aliphatic rings. The van der Waals surface area contributed by atoms with Crippen LogP contribution in [-0.4, -0.2) is 48.9 Å². The molecule has 2 aliphatic heterocycles. The second kappa shape index (κ2) is 7.91. The first kappa shape index (κ1) is 18.8. The maximum atomic E-state index is 12.5. The number of carbonyl (C=O) groups excluding carboxylic acids is 1. The highest BCUT2D eigenvalue weighted by Crippen LogP contribution is 2.32. The number of hydrogen-bond acceptors (Lipinski definition) is 6. The summed E-state index contributed by atoms with van der Waals surface area (Å²) in [6, 6.07) is 16.2. The van der Waals surface area contributed by atoms with Gasteiger partial charge < -0.3 is 19.1 Å². The maximum Gasteiger partial charge on any atom is 0.232 e. The third-order valence-corrected chi connectivity index (χ3v) is 5.76. The summed E-state index contributed by atoms with van der Waals surface area (Å²) in [5, 5.41) is 4.16. The Morgan fingerprint density at radius 3 is 2.40 bits per heavy atom. The first-order valence-corrected chi connectivity index (χ1v) is 10.3. The molecular weight excluding hydrogens is 380 g/mol. The van der Waals surface area contributed by atoms with Crippen molar-refractivity contribution >= 4 is 17.3 Å². The van der Waals surface area contributed by atoms with Crippen molar-refractivity contribution in [3.8, 4) is 11.4 Å². The lowest BCUT2D eigenvalue weighted by Crippen LogP contribution is -2.36. The summed E-state index contributed by atoms with van der Waals surface area (Å²) >= 11 is 0. The van der Waals surface area contributed by atoms with Crippen LogP contribution in [0.15, 0.2) is 53.1 Å². The van der Waals surface area contributed by atoms with Gasteiger partial charge in [0.1, 0.15) is 0 Å². The van der Waals surface area contributed by atoms with Crippen LogP contribution in [0.3, 0.4) is 0 Å². The van der Waals surface area contributed by atoms with Gasteiger partial charge in [0, 0.05) is 43.0 Å². The third-order valence-electron chi connectivity index (χ3n) is 5.76. The number of benzene rings is 2. The van der Waals surface area contributed by atoms with Gasteiger partial charge in [0.25, 0.3) is 0 Å². The maximum absolute atomic E-state index is 12.5. The zero-order chi connectivity index (χ0) is 20.5. The van der Waals surface area contributed by atoms with Gasteiger partial charge in [-0.05, 0) is 43.3 Å². The summed E-state index contributed by atoms with van der Waals surface area (Å²) in [6.07, 6.45) is 0.380. The van der Waals surface area contributed by atoms with E-state index in [4.69, 9.17) is 9.26 Å². The molecule has 1 amide bonds. The van der Waals surface area contributed by atoms with E-state index < -0.39 is 0 Å². The number of anilines is 2. The molecular formula is C23H24N4O3. The fourth-order valence-corrected chi connectivity index (χ4v) is 4.01. The van der Waals surface area contributed by atoms with Crippen molar-refractivity contribution in [2.75, 3.05) is 42.6 Å². The van der Waals surface area contributed by atoms with Crippen molar-refractivity contribution in [3.63, 3.8) is 0 Å². The van der Waals surface area contributed by atoms with E-state index >= 15 is 0 Å². The highest BCUT2D eigenvalue weighted by Gasteiger charge is 2.35. The topological polar surface area (TPSA) is 71.7 Å². The Morgan fingerprint density at radius 1 is 0.967 bits per heavy atom. The summed E-state index contributed by atoms with van der Waals surface area (Å²) in [5.74, 6) is 1.07. The minimum absolute atomic E-state index is 0.0819. The van der Waals surface area contributed by atoms with E-state index in [1.807, 2.05) is 43.3 Å². The Bertz CT molecular complexity index is 1020. The fraction of sp³-hybridized carbons (Fsp3) is 0.348. The largest absolute Gasteiger partial charge is 0.378 e. The number of carbonyl (C=O) groups is 1. The van der Waals surface area contributed by atoms with Gasteiger partial charge in [-0.2, -0.15) is 4.98 Å². The number of morpholine rings is 1. The van der Waals surface area contributed by atoms with Gasteiger partial charge in [0.05, 0.1) is 19.1 Å². The Labute approximate surface area is 175 Å². The molecule has 0 spiro atoms. The van der Waals surface area contributed by atoms with Gasteiger partial charge in [-0.1, -0.05) is 22.9 Å². The van der Waals surface area contributed by atoms with Crippen LogP contribution >= 0.6 is 0 Å². The summed E-state index contributed by atoms with van der Waals surface area (Å²) in [6.45, 7) is 5.91. The first-order valence-electron chi connectivity index (χ1n) is 10.3. The van der Waals surface area contributed by atoms with Crippen LogP contribution in [0.2, 0.25) is 0 Å². The Balaban J connectivity index is 1.29. The molecule has 30 heavy (non-hydrogen) atoms. The predicted molar refractivity (Wildman–Crippen MR) is 114 cm³/mol. The van der Waals surface area contributed by atoms with E-state index in [2.05, 4.69) is 27.2 Å².